The first-order chi connectivity index (χ1) is 9.58. The van der Waals surface area contributed by atoms with E-state index in [1.54, 1.807) is 0 Å². The number of aromatic nitrogens is 1. The fraction of sp³-hybridized carbons (Fsp3) is 0.812. The van der Waals surface area contributed by atoms with Gasteiger partial charge in [-0.2, -0.15) is 0 Å². The lowest BCUT2D eigenvalue weighted by Gasteiger charge is -2.47. The molecule has 1 saturated heterocycles. The molecule has 1 spiro atoms. The van der Waals surface area contributed by atoms with Gasteiger partial charge in [0.2, 0.25) is 0 Å². The summed E-state index contributed by atoms with van der Waals surface area (Å²) in [6.07, 6.45) is 7.50. The lowest BCUT2D eigenvalue weighted by atomic mass is 9.89. The lowest BCUT2D eigenvalue weighted by Crippen LogP contribution is -2.63. The number of nitrogens with one attached hydrogen (secondary N) is 1. The molecule has 1 aromatic rings. The van der Waals surface area contributed by atoms with E-state index in [-0.39, 0.29) is 0 Å². The number of piperazine rings is 1. The van der Waals surface area contributed by atoms with Crippen LogP contribution in [0.1, 0.15) is 49.4 Å². The van der Waals surface area contributed by atoms with Gasteiger partial charge in [-0.05, 0) is 25.7 Å². The molecule has 112 valence electrons. The summed E-state index contributed by atoms with van der Waals surface area (Å²) in [7, 11) is 0. The first-order valence-corrected chi connectivity index (χ1v) is 8.80. The largest absolute Gasteiger partial charge is 0.308 e. The van der Waals surface area contributed by atoms with Crippen LogP contribution < -0.4 is 5.32 Å². The maximum Gasteiger partial charge on any atom is 0.107 e. The Balaban J connectivity index is 1.75. The van der Waals surface area contributed by atoms with Crippen LogP contribution in [0.5, 0.6) is 0 Å². The number of thiazole rings is 1. The van der Waals surface area contributed by atoms with Gasteiger partial charge in [-0.15, -0.1) is 11.3 Å². The highest BCUT2D eigenvalue weighted by molar-refractivity contribution is 7.11. The molecule has 1 saturated carbocycles. The van der Waals surface area contributed by atoms with E-state index in [2.05, 4.69) is 36.0 Å². The van der Waals surface area contributed by atoms with Crippen LogP contribution in [-0.2, 0) is 6.54 Å². The first kappa shape index (κ1) is 14.5. The van der Waals surface area contributed by atoms with E-state index in [0.29, 0.717) is 17.5 Å². The highest BCUT2D eigenvalue weighted by Crippen LogP contribution is 2.35. The summed E-state index contributed by atoms with van der Waals surface area (Å²) in [5.74, 6) is 0.697. The maximum absolute atomic E-state index is 4.58. The van der Waals surface area contributed by atoms with Crippen LogP contribution >= 0.6 is 11.3 Å². The molecule has 1 atom stereocenters. The Labute approximate surface area is 126 Å². The molecule has 0 radical (unpaired) electrons. The molecule has 0 aromatic carbocycles. The number of hydrogen-bond acceptors (Lipinski definition) is 4. The minimum atomic E-state index is 0.400. The summed E-state index contributed by atoms with van der Waals surface area (Å²) in [6.45, 7) is 10.2. The number of rotatable bonds is 3. The van der Waals surface area contributed by atoms with Gasteiger partial charge < -0.3 is 5.32 Å². The van der Waals surface area contributed by atoms with Crippen LogP contribution in [0.3, 0.4) is 0 Å². The van der Waals surface area contributed by atoms with Crippen LogP contribution in [0.4, 0.5) is 0 Å². The Hall–Kier alpha value is -0.450. The molecule has 1 aromatic heterocycles. The maximum atomic E-state index is 4.58. The minimum Gasteiger partial charge on any atom is -0.308 e. The molecule has 1 unspecified atom stereocenters. The molecule has 4 heteroatoms. The normalized spacial score (nSPS) is 26.7. The van der Waals surface area contributed by atoms with E-state index in [1.807, 2.05) is 17.5 Å². The molecule has 3 nitrogen and oxygen atoms in total. The zero-order valence-electron chi connectivity index (χ0n) is 13.0. The van der Waals surface area contributed by atoms with Crippen molar-refractivity contribution in [2.45, 2.75) is 64.6 Å². The van der Waals surface area contributed by atoms with E-state index < -0.39 is 0 Å². The van der Waals surface area contributed by atoms with Gasteiger partial charge in [0.15, 0.2) is 0 Å². The highest BCUT2D eigenvalue weighted by Gasteiger charge is 2.41. The second-order valence-electron chi connectivity index (χ2n) is 6.95. The molecule has 2 aliphatic rings. The van der Waals surface area contributed by atoms with Crippen LogP contribution in [0.2, 0.25) is 0 Å². The molecular weight excluding hydrogens is 266 g/mol. The minimum absolute atomic E-state index is 0.400. The zero-order chi connectivity index (χ0) is 14.2. The van der Waals surface area contributed by atoms with Crippen LogP contribution in [0.25, 0.3) is 0 Å². The summed E-state index contributed by atoms with van der Waals surface area (Å²) in [5, 5.41) is 5.17. The number of nitrogens with zero attached hydrogens (tertiary/aromatic N) is 2. The van der Waals surface area contributed by atoms with Gasteiger partial charge in [0.05, 0.1) is 6.54 Å². The van der Waals surface area contributed by atoms with E-state index in [4.69, 9.17) is 0 Å². The van der Waals surface area contributed by atoms with Crippen molar-refractivity contribution in [2.75, 3.05) is 13.1 Å². The average Bonchev–Trinajstić information content (AvgIpc) is 2.99. The molecule has 2 heterocycles. The van der Waals surface area contributed by atoms with Gasteiger partial charge in [0.1, 0.15) is 5.01 Å². The third-order valence-corrected chi connectivity index (χ3v) is 5.90. The van der Waals surface area contributed by atoms with Crippen molar-refractivity contribution in [1.82, 2.24) is 15.2 Å². The van der Waals surface area contributed by atoms with Gasteiger partial charge in [0, 0.05) is 35.7 Å². The Morgan fingerprint density at radius 1 is 1.45 bits per heavy atom. The van der Waals surface area contributed by atoms with Crippen LogP contribution in [0, 0.1) is 12.8 Å². The van der Waals surface area contributed by atoms with Crippen molar-refractivity contribution in [3.8, 4) is 0 Å². The molecular formula is C16H27N3S. The number of aryl methyl sites for hydroxylation is 1. The Morgan fingerprint density at radius 3 is 2.80 bits per heavy atom. The van der Waals surface area contributed by atoms with Gasteiger partial charge >= 0.3 is 0 Å². The van der Waals surface area contributed by atoms with Crippen molar-refractivity contribution in [2.24, 2.45) is 5.92 Å². The van der Waals surface area contributed by atoms with E-state index in [0.717, 1.165) is 13.1 Å². The third-order valence-electron chi connectivity index (χ3n) is 5.00. The lowest BCUT2D eigenvalue weighted by molar-refractivity contribution is 0.0506. The summed E-state index contributed by atoms with van der Waals surface area (Å²) in [6, 6.07) is 0.644. The average molecular weight is 293 g/mol. The molecule has 1 aliphatic heterocycles. The topological polar surface area (TPSA) is 28.2 Å². The van der Waals surface area contributed by atoms with Gasteiger partial charge in [0.25, 0.3) is 0 Å². The Kier molecular flexibility index (Phi) is 4.16. The summed E-state index contributed by atoms with van der Waals surface area (Å²) in [5.41, 5.74) is 0.400. The van der Waals surface area contributed by atoms with Crippen molar-refractivity contribution in [1.29, 1.82) is 0 Å². The molecule has 1 N–H and O–H groups in total. The first-order valence-electron chi connectivity index (χ1n) is 7.98. The summed E-state index contributed by atoms with van der Waals surface area (Å²) in [4.78, 5) is 8.60. The molecule has 0 bridgehead atoms. The van der Waals surface area contributed by atoms with Crippen molar-refractivity contribution in [3.63, 3.8) is 0 Å². The van der Waals surface area contributed by atoms with Gasteiger partial charge in [-0.1, -0.05) is 26.7 Å². The summed E-state index contributed by atoms with van der Waals surface area (Å²) < 4.78 is 0. The van der Waals surface area contributed by atoms with Crippen LogP contribution in [0.15, 0.2) is 6.20 Å². The SMILES string of the molecule is Cc1cnc(CN2CC3(CCCC3)NCC2C(C)C)s1. The Morgan fingerprint density at radius 2 is 2.20 bits per heavy atom. The third kappa shape index (κ3) is 2.92. The highest BCUT2D eigenvalue weighted by atomic mass is 32.1. The Bertz CT molecular complexity index is 448. The van der Waals surface area contributed by atoms with E-state index in [1.165, 1.54) is 42.1 Å². The monoisotopic (exact) mass is 293 g/mol. The van der Waals surface area contributed by atoms with Crippen molar-refractivity contribution >= 4 is 11.3 Å². The van der Waals surface area contributed by atoms with E-state index in [9.17, 15) is 0 Å². The predicted octanol–water partition coefficient (Wildman–Crippen LogP) is 3.19. The second kappa shape index (κ2) is 5.74. The smallest absolute Gasteiger partial charge is 0.107 e. The fourth-order valence-corrected chi connectivity index (χ4v) is 4.69. The second-order valence-corrected chi connectivity index (χ2v) is 8.27. The fourth-order valence-electron chi connectivity index (χ4n) is 3.88. The van der Waals surface area contributed by atoms with Gasteiger partial charge in [-0.25, -0.2) is 4.98 Å². The molecule has 1 aliphatic carbocycles. The van der Waals surface area contributed by atoms with Crippen molar-refractivity contribution in [3.05, 3.63) is 16.1 Å². The predicted molar refractivity (Wildman–Crippen MR) is 85.1 cm³/mol. The van der Waals surface area contributed by atoms with E-state index >= 15 is 0 Å². The molecule has 20 heavy (non-hydrogen) atoms. The van der Waals surface area contributed by atoms with Crippen LogP contribution in [-0.4, -0.2) is 34.6 Å². The quantitative estimate of drug-likeness (QED) is 0.927. The standard InChI is InChI=1S/C16H27N3S/c1-12(2)14-9-18-16(6-4-5-7-16)11-19(14)10-15-17-8-13(3)20-15/h8,12,14,18H,4-7,9-11H2,1-3H3. The molecule has 2 fully saturated rings. The van der Waals surface area contributed by atoms with Crippen molar-refractivity contribution < 1.29 is 0 Å². The summed E-state index contributed by atoms with van der Waals surface area (Å²) >= 11 is 1.85. The molecule has 3 rings (SSSR count). The van der Waals surface area contributed by atoms with Gasteiger partial charge in [-0.3, -0.25) is 4.90 Å². The molecule has 0 amide bonds. The number of hydrogen-bond donors (Lipinski definition) is 1. The zero-order valence-corrected chi connectivity index (χ0v) is 13.8.